The van der Waals surface area contributed by atoms with Gasteiger partial charge in [0.25, 0.3) is 0 Å². The lowest BCUT2D eigenvalue weighted by Gasteiger charge is -2.23. The highest BCUT2D eigenvalue weighted by Gasteiger charge is 2.18. The summed E-state index contributed by atoms with van der Waals surface area (Å²) in [6.07, 6.45) is 3.87. The quantitative estimate of drug-likeness (QED) is 0.639. The molecule has 1 heteroatoms. The predicted molar refractivity (Wildman–Crippen MR) is 57.0 cm³/mol. The van der Waals surface area contributed by atoms with E-state index in [0.717, 1.165) is 0 Å². The van der Waals surface area contributed by atoms with Crippen LogP contribution in [0.15, 0.2) is 18.5 Å². The highest BCUT2D eigenvalue weighted by atomic mass is 14.6. The molecule has 0 spiro atoms. The van der Waals surface area contributed by atoms with Crippen molar-refractivity contribution in [2.75, 3.05) is 0 Å². The Hall–Kier alpha value is -0.850. The van der Waals surface area contributed by atoms with Crippen molar-refractivity contribution in [1.29, 1.82) is 0 Å². The molecule has 1 heterocycles. The maximum absolute atomic E-state index is 4.18. The molecule has 13 heavy (non-hydrogen) atoms. The van der Waals surface area contributed by atoms with Gasteiger partial charge in [-0.1, -0.05) is 34.6 Å². The molecule has 0 atom stereocenters. The largest absolute Gasteiger partial charge is 0.264 e. The van der Waals surface area contributed by atoms with Crippen LogP contribution in [0.5, 0.6) is 0 Å². The molecule has 1 nitrogen and oxygen atoms in total. The second-order valence-corrected chi connectivity index (χ2v) is 4.87. The van der Waals surface area contributed by atoms with Crippen LogP contribution < -0.4 is 0 Å². The molecule has 0 saturated heterocycles. The topological polar surface area (TPSA) is 12.9 Å². The fourth-order valence-electron chi connectivity index (χ4n) is 1.55. The van der Waals surface area contributed by atoms with Crippen LogP contribution in [-0.2, 0) is 5.41 Å². The van der Waals surface area contributed by atoms with E-state index < -0.39 is 0 Å². The minimum atomic E-state index is 0.225. The third kappa shape index (κ3) is 2.30. The van der Waals surface area contributed by atoms with Crippen molar-refractivity contribution in [3.63, 3.8) is 0 Å². The van der Waals surface area contributed by atoms with E-state index in [1.807, 2.05) is 12.4 Å². The first-order valence-corrected chi connectivity index (χ1v) is 4.87. The Bertz CT molecular complexity index is 281. The second-order valence-electron chi connectivity index (χ2n) is 4.87. The molecule has 0 aliphatic carbocycles. The van der Waals surface area contributed by atoms with Gasteiger partial charge in [0, 0.05) is 12.4 Å². The zero-order valence-electron chi connectivity index (χ0n) is 9.26. The Labute approximate surface area is 81.2 Å². The molecule has 1 aromatic rings. The first-order chi connectivity index (χ1) is 5.93. The number of aromatic nitrogens is 1. The average Bonchev–Trinajstić information content (AvgIpc) is 2.03. The molecular formula is C12H19N. The van der Waals surface area contributed by atoms with Crippen molar-refractivity contribution >= 4 is 0 Å². The van der Waals surface area contributed by atoms with Crippen LogP contribution in [0.1, 0.15) is 51.7 Å². The summed E-state index contributed by atoms with van der Waals surface area (Å²) in [6, 6.07) is 2.13. The standard InChI is InChI=1S/C12H19N/c1-9(2)10-8-13-7-6-11(10)12(3,4)5/h6-9H,1-5H3. The number of hydrogen-bond donors (Lipinski definition) is 0. The molecular weight excluding hydrogens is 158 g/mol. The number of rotatable bonds is 1. The van der Waals surface area contributed by atoms with Crippen molar-refractivity contribution in [3.05, 3.63) is 29.6 Å². The Morgan fingerprint density at radius 2 is 1.85 bits per heavy atom. The third-order valence-corrected chi connectivity index (χ3v) is 2.28. The minimum absolute atomic E-state index is 0.225. The average molecular weight is 177 g/mol. The van der Waals surface area contributed by atoms with Gasteiger partial charge in [-0.05, 0) is 28.5 Å². The molecule has 1 aromatic heterocycles. The normalized spacial score (nSPS) is 12.2. The van der Waals surface area contributed by atoms with E-state index in [2.05, 4.69) is 45.7 Å². The van der Waals surface area contributed by atoms with Crippen LogP contribution in [0.4, 0.5) is 0 Å². The fraction of sp³-hybridized carbons (Fsp3) is 0.583. The Morgan fingerprint density at radius 1 is 1.23 bits per heavy atom. The summed E-state index contributed by atoms with van der Waals surface area (Å²) in [4.78, 5) is 4.18. The van der Waals surface area contributed by atoms with Crippen molar-refractivity contribution in [2.24, 2.45) is 0 Å². The highest BCUT2D eigenvalue weighted by Crippen LogP contribution is 2.29. The van der Waals surface area contributed by atoms with Gasteiger partial charge in [-0.15, -0.1) is 0 Å². The first kappa shape index (κ1) is 10.2. The van der Waals surface area contributed by atoms with Crippen molar-refractivity contribution in [3.8, 4) is 0 Å². The number of nitrogens with zero attached hydrogens (tertiary/aromatic N) is 1. The molecule has 0 amide bonds. The monoisotopic (exact) mass is 177 g/mol. The van der Waals surface area contributed by atoms with Crippen LogP contribution in [0.25, 0.3) is 0 Å². The smallest absolute Gasteiger partial charge is 0.0305 e. The molecule has 0 aliphatic rings. The van der Waals surface area contributed by atoms with E-state index in [9.17, 15) is 0 Å². The first-order valence-electron chi connectivity index (χ1n) is 4.87. The van der Waals surface area contributed by atoms with Crippen molar-refractivity contribution in [1.82, 2.24) is 4.98 Å². The van der Waals surface area contributed by atoms with Crippen LogP contribution >= 0.6 is 0 Å². The van der Waals surface area contributed by atoms with E-state index in [1.54, 1.807) is 0 Å². The molecule has 0 N–H and O–H groups in total. The van der Waals surface area contributed by atoms with Gasteiger partial charge in [0.05, 0.1) is 0 Å². The van der Waals surface area contributed by atoms with Gasteiger partial charge >= 0.3 is 0 Å². The fourth-order valence-corrected chi connectivity index (χ4v) is 1.55. The molecule has 0 bridgehead atoms. The summed E-state index contributed by atoms with van der Waals surface area (Å²) >= 11 is 0. The molecule has 0 unspecified atom stereocenters. The lowest BCUT2D eigenvalue weighted by molar-refractivity contribution is 0.575. The van der Waals surface area contributed by atoms with Crippen LogP contribution in [-0.4, -0.2) is 4.98 Å². The third-order valence-electron chi connectivity index (χ3n) is 2.28. The maximum atomic E-state index is 4.18. The lowest BCUT2D eigenvalue weighted by Crippen LogP contribution is -2.15. The van der Waals surface area contributed by atoms with Gasteiger partial charge in [0.1, 0.15) is 0 Å². The zero-order valence-corrected chi connectivity index (χ0v) is 9.26. The molecule has 0 saturated carbocycles. The summed E-state index contributed by atoms with van der Waals surface area (Å²) in [7, 11) is 0. The Balaban J connectivity index is 3.20. The van der Waals surface area contributed by atoms with E-state index in [4.69, 9.17) is 0 Å². The molecule has 0 aromatic carbocycles. The molecule has 0 aliphatic heterocycles. The lowest BCUT2D eigenvalue weighted by atomic mass is 9.82. The van der Waals surface area contributed by atoms with Crippen molar-refractivity contribution < 1.29 is 0 Å². The SMILES string of the molecule is CC(C)c1cnccc1C(C)(C)C. The summed E-state index contributed by atoms with van der Waals surface area (Å²) in [6.45, 7) is 11.2. The van der Waals surface area contributed by atoms with Gasteiger partial charge in [0.15, 0.2) is 0 Å². The highest BCUT2D eigenvalue weighted by molar-refractivity contribution is 5.31. The van der Waals surface area contributed by atoms with Gasteiger partial charge in [0.2, 0.25) is 0 Å². The van der Waals surface area contributed by atoms with E-state index in [0.29, 0.717) is 5.92 Å². The Kier molecular flexibility index (Phi) is 2.74. The minimum Gasteiger partial charge on any atom is -0.264 e. The number of pyridine rings is 1. The van der Waals surface area contributed by atoms with E-state index in [1.165, 1.54) is 11.1 Å². The van der Waals surface area contributed by atoms with Gasteiger partial charge in [-0.3, -0.25) is 4.98 Å². The predicted octanol–water partition coefficient (Wildman–Crippen LogP) is 3.50. The number of hydrogen-bond acceptors (Lipinski definition) is 1. The van der Waals surface area contributed by atoms with Crippen LogP contribution in [0.2, 0.25) is 0 Å². The van der Waals surface area contributed by atoms with Gasteiger partial charge < -0.3 is 0 Å². The van der Waals surface area contributed by atoms with Gasteiger partial charge in [-0.25, -0.2) is 0 Å². The summed E-state index contributed by atoms with van der Waals surface area (Å²) in [5.41, 5.74) is 3.01. The van der Waals surface area contributed by atoms with Crippen LogP contribution in [0, 0.1) is 0 Å². The second kappa shape index (κ2) is 3.49. The summed E-state index contributed by atoms with van der Waals surface area (Å²) in [5, 5.41) is 0. The van der Waals surface area contributed by atoms with Gasteiger partial charge in [-0.2, -0.15) is 0 Å². The van der Waals surface area contributed by atoms with Crippen molar-refractivity contribution in [2.45, 2.75) is 46.0 Å². The maximum Gasteiger partial charge on any atom is 0.0305 e. The Morgan fingerprint density at radius 3 is 2.23 bits per heavy atom. The van der Waals surface area contributed by atoms with E-state index in [-0.39, 0.29) is 5.41 Å². The molecule has 1 rings (SSSR count). The van der Waals surface area contributed by atoms with Crippen LogP contribution in [0.3, 0.4) is 0 Å². The molecule has 72 valence electrons. The summed E-state index contributed by atoms with van der Waals surface area (Å²) in [5.74, 6) is 0.558. The summed E-state index contributed by atoms with van der Waals surface area (Å²) < 4.78 is 0. The zero-order chi connectivity index (χ0) is 10.1. The molecule has 0 fully saturated rings. The molecule has 0 radical (unpaired) electrons. The van der Waals surface area contributed by atoms with E-state index >= 15 is 0 Å².